The maximum Gasteiger partial charge on any atom is 0.237 e. The van der Waals surface area contributed by atoms with Gasteiger partial charge >= 0.3 is 0 Å². The van der Waals surface area contributed by atoms with Gasteiger partial charge in [-0.3, -0.25) is 4.79 Å². The molecule has 1 aliphatic carbocycles. The number of hydrogen-bond acceptors (Lipinski definition) is 2. The number of amides is 1. The first-order valence-corrected chi connectivity index (χ1v) is 8.27. The summed E-state index contributed by atoms with van der Waals surface area (Å²) in [7, 11) is 0. The molecule has 1 saturated carbocycles. The molecule has 0 spiro atoms. The Kier molecular flexibility index (Phi) is 4.29. The fourth-order valence-electron chi connectivity index (χ4n) is 3.99. The van der Waals surface area contributed by atoms with Crippen LogP contribution in [0, 0.1) is 12.8 Å². The molecule has 1 heterocycles. The van der Waals surface area contributed by atoms with Crippen molar-refractivity contribution in [1.29, 1.82) is 0 Å². The van der Waals surface area contributed by atoms with E-state index in [1.54, 1.807) is 0 Å². The Hall–Kier alpha value is -1.35. The van der Waals surface area contributed by atoms with Crippen molar-refractivity contribution in [2.24, 2.45) is 5.92 Å². The fourth-order valence-corrected chi connectivity index (χ4v) is 3.99. The normalized spacial score (nSPS) is 29.7. The second-order valence-electron chi connectivity index (χ2n) is 6.69. The van der Waals surface area contributed by atoms with Crippen molar-refractivity contribution < 1.29 is 4.79 Å². The van der Waals surface area contributed by atoms with Gasteiger partial charge in [-0.25, -0.2) is 0 Å². The summed E-state index contributed by atoms with van der Waals surface area (Å²) in [6.07, 6.45) is 6.17. The van der Waals surface area contributed by atoms with Crippen LogP contribution in [0.15, 0.2) is 24.3 Å². The summed E-state index contributed by atoms with van der Waals surface area (Å²) < 4.78 is 0. The van der Waals surface area contributed by atoms with Gasteiger partial charge in [0.2, 0.25) is 5.91 Å². The van der Waals surface area contributed by atoms with E-state index < -0.39 is 0 Å². The SMILES string of the molecule is Cc1ccccc1C(C)NC(=O)C1CC2CCCCC2N1. The summed E-state index contributed by atoms with van der Waals surface area (Å²) in [6, 6.07) is 8.92. The molecule has 0 radical (unpaired) electrons. The average Bonchev–Trinajstić information content (AvgIpc) is 2.91. The molecule has 0 aromatic heterocycles. The van der Waals surface area contributed by atoms with Gasteiger partial charge in [0.25, 0.3) is 0 Å². The molecule has 3 heteroatoms. The number of fused-ring (bicyclic) bond motifs is 1. The first-order valence-electron chi connectivity index (χ1n) is 8.27. The first-order chi connectivity index (χ1) is 10.1. The van der Waals surface area contributed by atoms with Gasteiger partial charge < -0.3 is 10.6 Å². The lowest BCUT2D eigenvalue weighted by molar-refractivity contribution is -0.123. The third-order valence-corrected chi connectivity index (χ3v) is 5.19. The van der Waals surface area contributed by atoms with Gasteiger partial charge in [0, 0.05) is 6.04 Å². The van der Waals surface area contributed by atoms with Gasteiger partial charge in [-0.1, -0.05) is 37.1 Å². The van der Waals surface area contributed by atoms with Gasteiger partial charge in [0.1, 0.15) is 0 Å². The number of carbonyl (C=O) groups excluding carboxylic acids is 1. The van der Waals surface area contributed by atoms with E-state index in [1.807, 2.05) is 12.1 Å². The molecule has 114 valence electrons. The van der Waals surface area contributed by atoms with Crippen molar-refractivity contribution in [3.63, 3.8) is 0 Å². The zero-order chi connectivity index (χ0) is 14.8. The first kappa shape index (κ1) is 14.6. The molecular weight excluding hydrogens is 260 g/mol. The highest BCUT2D eigenvalue weighted by atomic mass is 16.2. The maximum atomic E-state index is 12.5. The Bertz CT molecular complexity index is 500. The van der Waals surface area contributed by atoms with E-state index in [0.717, 1.165) is 6.42 Å². The molecule has 4 unspecified atom stereocenters. The maximum absolute atomic E-state index is 12.5. The Balaban J connectivity index is 1.60. The summed E-state index contributed by atoms with van der Waals surface area (Å²) in [6.45, 7) is 4.17. The highest BCUT2D eigenvalue weighted by Gasteiger charge is 2.38. The van der Waals surface area contributed by atoms with E-state index >= 15 is 0 Å². The molecule has 21 heavy (non-hydrogen) atoms. The molecule has 2 fully saturated rings. The van der Waals surface area contributed by atoms with Gasteiger partial charge in [0.15, 0.2) is 0 Å². The smallest absolute Gasteiger partial charge is 0.237 e. The van der Waals surface area contributed by atoms with Crippen LogP contribution in [0.2, 0.25) is 0 Å². The predicted octanol–water partition coefficient (Wildman–Crippen LogP) is 3.09. The molecule has 3 nitrogen and oxygen atoms in total. The van der Waals surface area contributed by atoms with E-state index in [0.29, 0.717) is 12.0 Å². The molecule has 1 saturated heterocycles. The number of nitrogens with one attached hydrogen (secondary N) is 2. The van der Waals surface area contributed by atoms with E-state index in [-0.39, 0.29) is 18.0 Å². The second-order valence-corrected chi connectivity index (χ2v) is 6.69. The number of rotatable bonds is 3. The lowest BCUT2D eigenvalue weighted by Crippen LogP contribution is -2.44. The summed E-state index contributed by atoms with van der Waals surface area (Å²) in [5.74, 6) is 0.878. The van der Waals surface area contributed by atoms with E-state index in [4.69, 9.17) is 0 Å². The summed E-state index contributed by atoms with van der Waals surface area (Å²) in [4.78, 5) is 12.5. The van der Waals surface area contributed by atoms with Gasteiger partial charge in [-0.05, 0) is 50.2 Å². The molecular formula is C18H26N2O. The molecule has 1 amide bonds. The zero-order valence-electron chi connectivity index (χ0n) is 13.1. The zero-order valence-corrected chi connectivity index (χ0v) is 13.1. The summed E-state index contributed by atoms with van der Waals surface area (Å²) in [5.41, 5.74) is 2.44. The van der Waals surface area contributed by atoms with Crippen LogP contribution in [-0.2, 0) is 4.79 Å². The molecule has 3 rings (SSSR count). The largest absolute Gasteiger partial charge is 0.348 e. The van der Waals surface area contributed by atoms with E-state index in [1.165, 1.54) is 36.8 Å². The van der Waals surface area contributed by atoms with Crippen molar-refractivity contribution >= 4 is 5.91 Å². The monoisotopic (exact) mass is 286 g/mol. The van der Waals surface area contributed by atoms with Gasteiger partial charge in [-0.15, -0.1) is 0 Å². The average molecular weight is 286 g/mol. The predicted molar refractivity (Wildman–Crippen MR) is 85.0 cm³/mol. The van der Waals surface area contributed by atoms with Crippen LogP contribution in [0.25, 0.3) is 0 Å². The topological polar surface area (TPSA) is 41.1 Å². The van der Waals surface area contributed by atoms with Crippen molar-refractivity contribution in [2.75, 3.05) is 0 Å². The third-order valence-electron chi connectivity index (χ3n) is 5.19. The molecule has 0 bridgehead atoms. The molecule has 1 aromatic rings. The molecule has 1 aromatic carbocycles. The highest BCUT2D eigenvalue weighted by Crippen LogP contribution is 2.33. The Morgan fingerprint density at radius 1 is 1.29 bits per heavy atom. The Morgan fingerprint density at radius 3 is 2.81 bits per heavy atom. The Morgan fingerprint density at radius 2 is 2.05 bits per heavy atom. The quantitative estimate of drug-likeness (QED) is 0.896. The number of aryl methyl sites for hydroxylation is 1. The lowest BCUT2D eigenvalue weighted by atomic mass is 9.85. The van der Waals surface area contributed by atoms with Crippen LogP contribution in [0.5, 0.6) is 0 Å². The molecule has 1 aliphatic heterocycles. The lowest BCUT2D eigenvalue weighted by Gasteiger charge is -2.24. The van der Waals surface area contributed by atoms with Crippen LogP contribution in [0.3, 0.4) is 0 Å². The van der Waals surface area contributed by atoms with Gasteiger partial charge in [0.05, 0.1) is 12.1 Å². The minimum absolute atomic E-state index is 0.00423. The minimum Gasteiger partial charge on any atom is -0.348 e. The molecule has 2 N–H and O–H groups in total. The van der Waals surface area contributed by atoms with Crippen LogP contribution in [0.4, 0.5) is 0 Å². The van der Waals surface area contributed by atoms with Crippen molar-refractivity contribution in [1.82, 2.24) is 10.6 Å². The fraction of sp³-hybridized carbons (Fsp3) is 0.611. The van der Waals surface area contributed by atoms with Crippen LogP contribution < -0.4 is 10.6 Å². The number of carbonyl (C=O) groups is 1. The van der Waals surface area contributed by atoms with E-state index in [9.17, 15) is 4.79 Å². The van der Waals surface area contributed by atoms with Crippen molar-refractivity contribution in [2.45, 2.75) is 64.1 Å². The van der Waals surface area contributed by atoms with E-state index in [2.05, 4.69) is 36.6 Å². The standard InChI is InChI=1S/C18H26N2O/c1-12-7-3-5-9-15(12)13(2)19-18(21)17-11-14-8-4-6-10-16(14)20-17/h3,5,7,9,13-14,16-17,20H,4,6,8,10-11H2,1-2H3,(H,19,21). The van der Waals surface area contributed by atoms with Gasteiger partial charge in [-0.2, -0.15) is 0 Å². The minimum atomic E-state index is 0.00423. The molecule has 2 aliphatic rings. The summed E-state index contributed by atoms with van der Waals surface area (Å²) >= 11 is 0. The van der Waals surface area contributed by atoms with Crippen LogP contribution in [-0.4, -0.2) is 18.0 Å². The van der Waals surface area contributed by atoms with Crippen LogP contribution >= 0.6 is 0 Å². The van der Waals surface area contributed by atoms with Crippen molar-refractivity contribution in [3.05, 3.63) is 35.4 Å². The van der Waals surface area contributed by atoms with Crippen LogP contribution in [0.1, 0.15) is 56.2 Å². The summed E-state index contributed by atoms with van der Waals surface area (Å²) in [5, 5.41) is 6.74. The third kappa shape index (κ3) is 3.13. The molecule has 4 atom stereocenters. The highest BCUT2D eigenvalue weighted by molar-refractivity contribution is 5.82. The number of benzene rings is 1. The number of hydrogen-bond donors (Lipinski definition) is 2. The second kappa shape index (κ2) is 6.18. The van der Waals surface area contributed by atoms with Crippen molar-refractivity contribution in [3.8, 4) is 0 Å². The Labute approximate surface area is 127 Å².